The lowest BCUT2D eigenvalue weighted by atomic mass is 10.0. The number of aromatic carboxylic acids is 2. The molecule has 2 aromatic carbocycles. The van der Waals surface area contributed by atoms with E-state index in [4.69, 9.17) is 20.4 Å². The number of rotatable bonds is 3. The number of aliphatic hydroxyl groups excluding tert-OH is 2. The summed E-state index contributed by atoms with van der Waals surface area (Å²) < 4.78 is 0. The summed E-state index contributed by atoms with van der Waals surface area (Å²) in [6.45, 7) is -0.250. The molecule has 0 heterocycles. The van der Waals surface area contributed by atoms with Crippen LogP contribution in [0.2, 0.25) is 0 Å². The highest BCUT2D eigenvalue weighted by molar-refractivity contribution is 5.97. The molecule has 0 bridgehead atoms. The molecular weight excluding hydrogens is 264 g/mol. The van der Waals surface area contributed by atoms with Crippen molar-refractivity contribution in [2.75, 3.05) is 13.2 Å². The first-order valence-corrected chi connectivity index (χ1v) is 5.71. The zero-order valence-corrected chi connectivity index (χ0v) is 10.5. The summed E-state index contributed by atoms with van der Waals surface area (Å²) in [6.07, 6.45) is 0. The van der Waals surface area contributed by atoms with Crippen LogP contribution in [0, 0.1) is 0 Å². The third kappa shape index (κ3) is 4.04. The Hall–Kier alpha value is -2.44. The zero-order valence-electron chi connectivity index (χ0n) is 10.5. The fraction of sp³-hybridized carbons (Fsp3) is 0.143. The van der Waals surface area contributed by atoms with Crippen molar-refractivity contribution < 1.29 is 30.0 Å². The Kier molecular flexibility index (Phi) is 5.64. The molecule has 0 aromatic heterocycles. The molecule has 0 amide bonds. The van der Waals surface area contributed by atoms with Crippen molar-refractivity contribution in [2.45, 2.75) is 0 Å². The molecule has 2 rings (SSSR count). The van der Waals surface area contributed by atoms with Gasteiger partial charge in [0.25, 0.3) is 0 Å². The molecule has 20 heavy (non-hydrogen) atoms. The topological polar surface area (TPSA) is 115 Å². The van der Waals surface area contributed by atoms with E-state index in [1.54, 1.807) is 12.1 Å². The second kappa shape index (κ2) is 7.22. The molecule has 2 aromatic rings. The molecule has 0 aliphatic carbocycles. The van der Waals surface area contributed by atoms with Gasteiger partial charge < -0.3 is 20.4 Å². The summed E-state index contributed by atoms with van der Waals surface area (Å²) in [6, 6.07) is 9.15. The van der Waals surface area contributed by atoms with Gasteiger partial charge in [-0.3, -0.25) is 0 Å². The van der Waals surface area contributed by atoms with Crippen LogP contribution in [0.25, 0.3) is 10.8 Å². The van der Waals surface area contributed by atoms with Gasteiger partial charge in [-0.1, -0.05) is 12.1 Å². The van der Waals surface area contributed by atoms with Crippen LogP contribution in [0.1, 0.15) is 20.7 Å². The van der Waals surface area contributed by atoms with Gasteiger partial charge in [0.1, 0.15) is 0 Å². The van der Waals surface area contributed by atoms with Crippen molar-refractivity contribution in [1.82, 2.24) is 0 Å². The maximum atomic E-state index is 10.7. The molecule has 0 radical (unpaired) electrons. The van der Waals surface area contributed by atoms with Crippen LogP contribution in [0.4, 0.5) is 0 Å². The molecule has 0 unspecified atom stereocenters. The molecule has 0 spiro atoms. The predicted molar refractivity (Wildman–Crippen MR) is 72.0 cm³/mol. The number of benzene rings is 2. The zero-order chi connectivity index (χ0) is 15.1. The number of hydrogen-bond donors (Lipinski definition) is 4. The van der Waals surface area contributed by atoms with Gasteiger partial charge >= 0.3 is 11.9 Å². The molecule has 0 aliphatic rings. The van der Waals surface area contributed by atoms with E-state index in [0.717, 1.165) is 0 Å². The Labute approximate surface area is 114 Å². The second-order valence-electron chi connectivity index (χ2n) is 3.83. The van der Waals surface area contributed by atoms with Crippen molar-refractivity contribution in [3.8, 4) is 0 Å². The van der Waals surface area contributed by atoms with Crippen LogP contribution in [0.5, 0.6) is 0 Å². The van der Waals surface area contributed by atoms with Gasteiger partial charge in [-0.2, -0.15) is 0 Å². The van der Waals surface area contributed by atoms with Crippen molar-refractivity contribution >= 4 is 22.7 Å². The molecular formula is C14H14O6. The Morgan fingerprint density at radius 1 is 0.750 bits per heavy atom. The Morgan fingerprint density at radius 3 is 1.35 bits per heavy atom. The van der Waals surface area contributed by atoms with Crippen LogP contribution in [0.3, 0.4) is 0 Å². The van der Waals surface area contributed by atoms with Crippen LogP contribution in [-0.2, 0) is 0 Å². The summed E-state index contributed by atoms with van der Waals surface area (Å²) in [7, 11) is 0. The minimum absolute atomic E-state index is 0.125. The number of carbonyl (C=O) groups is 2. The fourth-order valence-electron chi connectivity index (χ4n) is 1.51. The molecule has 4 N–H and O–H groups in total. The lowest BCUT2D eigenvalue weighted by molar-refractivity contribution is 0.0686. The normalized spacial score (nSPS) is 9.70. The van der Waals surface area contributed by atoms with Crippen molar-refractivity contribution in [1.29, 1.82) is 0 Å². The van der Waals surface area contributed by atoms with Gasteiger partial charge in [-0.05, 0) is 35.0 Å². The monoisotopic (exact) mass is 278 g/mol. The van der Waals surface area contributed by atoms with Crippen molar-refractivity contribution in [3.05, 3.63) is 47.5 Å². The number of carboxylic acids is 2. The highest BCUT2D eigenvalue weighted by Crippen LogP contribution is 2.18. The molecule has 0 atom stereocenters. The lowest BCUT2D eigenvalue weighted by Crippen LogP contribution is -1.97. The lowest BCUT2D eigenvalue weighted by Gasteiger charge is -2.01. The van der Waals surface area contributed by atoms with E-state index >= 15 is 0 Å². The standard InChI is InChI=1S/C12H8O4.C2H6O2/c13-11(14)9-3-1-7-5-10(12(15)16)4-2-8(7)6-9;3-1-2-4/h1-6H,(H,13,14)(H,15,16);3-4H,1-2H2. The highest BCUT2D eigenvalue weighted by atomic mass is 16.4. The first-order valence-electron chi connectivity index (χ1n) is 5.71. The predicted octanol–water partition coefficient (Wildman–Crippen LogP) is 1.21. The number of aliphatic hydroxyl groups is 2. The molecule has 0 fully saturated rings. The minimum atomic E-state index is -0.996. The third-order valence-electron chi connectivity index (χ3n) is 2.43. The van der Waals surface area contributed by atoms with Gasteiger partial charge in [-0.25, -0.2) is 9.59 Å². The quantitative estimate of drug-likeness (QED) is 0.670. The van der Waals surface area contributed by atoms with Crippen LogP contribution < -0.4 is 0 Å². The van der Waals surface area contributed by atoms with Crippen molar-refractivity contribution in [3.63, 3.8) is 0 Å². The maximum Gasteiger partial charge on any atom is 0.335 e. The minimum Gasteiger partial charge on any atom is -0.478 e. The van der Waals surface area contributed by atoms with E-state index in [0.29, 0.717) is 10.8 Å². The van der Waals surface area contributed by atoms with Crippen LogP contribution >= 0.6 is 0 Å². The first-order chi connectivity index (χ1) is 9.49. The fourth-order valence-corrected chi connectivity index (χ4v) is 1.51. The van der Waals surface area contributed by atoms with E-state index in [2.05, 4.69) is 0 Å². The molecule has 106 valence electrons. The Bertz CT molecular complexity index is 565. The van der Waals surface area contributed by atoms with E-state index < -0.39 is 11.9 Å². The molecule has 6 nitrogen and oxygen atoms in total. The largest absolute Gasteiger partial charge is 0.478 e. The molecule has 0 saturated carbocycles. The molecule has 0 saturated heterocycles. The van der Waals surface area contributed by atoms with Gasteiger partial charge in [0.15, 0.2) is 0 Å². The van der Waals surface area contributed by atoms with E-state index in [9.17, 15) is 9.59 Å². The van der Waals surface area contributed by atoms with Gasteiger partial charge in [0.2, 0.25) is 0 Å². The third-order valence-corrected chi connectivity index (χ3v) is 2.43. The smallest absolute Gasteiger partial charge is 0.335 e. The van der Waals surface area contributed by atoms with Gasteiger partial charge in [-0.15, -0.1) is 0 Å². The van der Waals surface area contributed by atoms with Gasteiger partial charge in [0, 0.05) is 0 Å². The maximum absolute atomic E-state index is 10.7. The summed E-state index contributed by atoms with van der Waals surface area (Å²) in [5, 5.41) is 34.3. The average molecular weight is 278 g/mol. The SMILES string of the molecule is O=C(O)c1ccc2cc(C(=O)O)ccc2c1.OCCO. The molecule has 0 aliphatic heterocycles. The van der Waals surface area contributed by atoms with E-state index in [1.165, 1.54) is 24.3 Å². The first kappa shape index (κ1) is 15.6. The summed E-state index contributed by atoms with van der Waals surface area (Å²) >= 11 is 0. The Balaban J connectivity index is 0.000000444. The summed E-state index contributed by atoms with van der Waals surface area (Å²) in [5.74, 6) is -1.99. The number of fused-ring (bicyclic) bond motifs is 1. The summed E-state index contributed by atoms with van der Waals surface area (Å²) in [5.41, 5.74) is 0.381. The van der Waals surface area contributed by atoms with E-state index in [1.807, 2.05) is 0 Å². The number of carboxylic acid groups (broad SMARTS) is 2. The highest BCUT2D eigenvalue weighted by Gasteiger charge is 2.06. The van der Waals surface area contributed by atoms with Crippen LogP contribution in [-0.4, -0.2) is 45.6 Å². The van der Waals surface area contributed by atoms with Crippen molar-refractivity contribution in [2.24, 2.45) is 0 Å². The molecule has 6 heteroatoms. The summed E-state index contributed by atoms with van der Waals surface area (Å²) in [4.78, 5) is 21.5. The van der Waals surface area contributed by atoms with Gasteiger partial charge in [0.05, 0.1) is 24.3 Å². The Morgan fingerprint density at radius 2 is 1.10 bits per heavy atom. The average Bonchev–Trinajstić information content (AvgIpc) is 2.46. The second-order valence-corrected chi connectivity index (χ2v) is 3.83. The van der Waals surface area contributed by atoms with E-state index in [-0.39, 0.29) is 24.3 Å². The van der Waals surface area contributed by atoms with Crippen LogP contribution in [0.15, 0.2) is 36.4 Å². The number of hydrogen-bond acceptors (Lipinski definition) is 4.